The second kappa shape index (κ2) is 8.86. The molecule has 1 aromatic rings. The van der Waals surface area contributed by atoms with Gasteiger partial charge in [-0.2, -0.15) is 0 Å². The second-order valence-electron chi connectivity index (χ2n) is 7.34. The van der Waals surface area contributed by atoms with Crippen molar-refractivity contribution in [3.05, 3.63) is 47.1 Å². The van der Waals surface area contributed by atoms with Crippen LogP contribution in [-0.2, 0) is 14.6 Å². The molecular formula is C19H23F3N2O5S. The van der Waals surface area contributed by atoms with E-state index < -0.39 is 28.1 Å². The van der Waals surface area contributed by atoms with Gasteiger partial charge in [0.05, 0.1) is 29.1 Å². The van der Waals surface area contributed by atoms with E-state index in [-0.39, 0.29) is 35.2 Å². The van der Waals surface area contributed by atoms with E-state index in [1.54, 1.807) is 4.90 Å². The number of rotatable bonds is 9. The van der Waals surface area contributed by atoms with Gasteiger partial charge in [0, 0.05) is 25.0 Å². The third kappa shape index (κ3) is 6.38. The first-order valence-corrected chi connectivity index (χ1v) is 10.8. The van der Waals surface area contributed by atoms with Crippen LogP contribution >= 0.6 is 0 Å². The van der Waals surface area contributed by atoms with E-state index in [9.17, 15) is 26.7 Å². The van der Waals surface area contributed by atoms with Gasteiger partial charge < -0.3 is 25.2 Å². The van der Waals surface area contributed by atoms with Crippen LogP contribution in [0.5, 0.6) is 5.75 Å². The molecule has 11 heteroatoms. The highest BCUT2D eigenvalue weighted by molar-refractivity contribution is 7.95. The molecule has 1 aliphatic carbocycles. The van der Waals surface area contributed by atoms with Crippen LogP contribution in [0.3, 0.4) is 0 Å². The van der Waals surface area contributed by atoms with Crippen molar-refractivity contribution in [1.29, 1.82) is 0 Å². The van der Waals surface area contributed by atoms with Crippen LogP contribution in [0.1, 0.15) is 12.8 Å². The number of allylic oxidation sites excluding steroid dienone is 1. The lowest BCUT2D eigenvalue weighted by Gasteiger charge is -2.27. The predicted octanol–water partition coefficient (Wildman–Crippen LogP) is 2.15. The first-order valence-electron chi connectivity index (χ1n) is 9.31. The molecule has 0 bridgehead atoms. The summed E-state index contributed by atoms with van der Waals surface area (Å²) in [6, 6.07) is 3.91. The average Bonchev–Trinajstić information content (AvgIpc) is 3.44. The first-order chi connectivity index (χ1) is 14.0. The Morgan fingerprint density at radius 3 is 2.50 bits per heavy atom. The van der Waals surface area contributed by atoms with Crippen molar-refractivity contribution < 1.29 is 36.2 Å². The first kappa shape index (κ1) is 22.4. The maximum atomic E-state index is 12.9. The highest BCUT2D eigenvalue weighted by Crippen LogP contribution is 2.29. The molecule has 1 heterocycles. The summed E-state index contributed by atoms with van der Waals surface area (Å²) < 4.78 is 71.7. The Balaban J connectivity index is 1.68. The molecule has 0 radical (unpaired) electrons. The fourth-order valence-corrected chi connectivity index (χ4v) is 4.29. The zero-order valence-electron chi connectivity index (χ0n) is 16.0. The number of benzene rings is 1. The van der Waals surface area contributed by atoms with Crippen molar-refractivity contribution >= 4 is 9.84 Å². The molecule has 2 aliphatic rings. The molecule has 0 saturated heterocycles. The summed E-state index contributed by atoms with van der Waals surface area (Å²) in [6.45, 7) is 1.09. The molecule has 1 fully saturated rings. The Morgan fingerprint density at radius 2 is 1.90 bits per heavy atom. The third-order valence-corrected chi connectivity index (χ3v) is 6.24. The van der Waals surface area contributed by atoms with E-state index >= 15 is 0 Å². The van der Waals surface area contributed by atoms with Gasteiger partial charge in [0.2, 0.25) is 9.84 Å². The van der Waals surface area contributed by atoms with E-state index in [0.29, 0.717) is 12.5 Å². The standard InChI is InChI=1S/C19H23F3N2O5S/c20-19(21,22)29-16-3-5-17(6-4-16)30(26,27)18-7-14(23)8-24(10-18)9-15(25)12-28-11-13-1-2-13/h3-7,10,13,15,25H,1-2,8-9,11-12,23H2. The Morgan fingerprint density at radius 1 is 1.23 bits per heavy atom. The second-order valence-corrected chi connectivity index (χ2v) is 9.29. The van der Waals surface area contributed by atoms with E-state index in [0.717, 1.165) is 37.1 Å². The summed E-state index contributed by atoms with van der Waals surface area (Å²) in [4.78, 5) is 1.23. The number of aliphatic hydroxyl groups is 1. The van der Waals surface area contributed by atoms with Crippen molar-refractivity contribution in [3.63, 3.8) is 0 Å². The quantitative estimate of drug-likeness (QED) is 0.597. The number of hydrogen-bond donors (Lipinski definition) is 2. The van der Waals surface area contributed by atoms with Crippen molar-refractivity contribution in [2.45, 2.75) is 30.2 Å². The van der Waals surface area contributed by atoms with Crippen molar-refractivity contribution in [2.75, 3.05) is 26.3 Å². The number of alkyl halides is 3. The minimum Gasteiger partial charge on any atom is -0.406 e. The number of nitrogens with two attached hydrogens (primary N) is 1. The van der Waals surface area contributed by atoms with Gasteiger partial charge in [-0.3, -0.25) is 0 Å². The molecule has 1 unspecified atom stereocenters. The number of hydrogen-bond acceptors (Lipinski definition) is 7. The highest BCUT2D eigenvalue weighted by Gasteiger charge is 2.31. The fourth-order valence-electron chi connectivity index (χ4n) is 2.93. The smallest absolute Gasteiger partial charge is 0.406 e. The number of nitrogens with zero attached hydrogens (tertiary/aromatic N) is 1. The zero-order valence-corrected chi connectivity index (χ0v) is 16.8. The lowest BCUT2D eigenvalue weighted by Crippen LogP contribution is -2.36. The summed E-state index contributed by atoms with van der Waals surface area (Å²) in [6.07, 6.45) is -0.771. The average molecular weight is 448 g/mol. The molecule has 3 N–H and O–H groups in total. The SMILES string of the molecule is NC1=CC(S(=O)(=O)c2ccc(OC(F)(F)F)cc2)=CN(CC(O)COCC2CC2)C1. The highest BCUT2D eigenvalue weighted by atomic mass is 32.2. The molecule has 1 aliphatic heterocycles. The van der Waals surface area contributed by atoms with Crippen LogP contribution in [0, 0.1) is 5.92 Å². The van der Waals surface area contributed by atoms with E-state index in [2.05, 4.69) is 4.74 Å². The minimum atomic E-state index is -4.87. The van der Waals surface area contributed by atoms with Crippen LogP contribution in [0.15, 0.2) is 52.0 Å². The van der Waals surface area contributed by atoms with E-state index in [1.807, 2.05) is 0 Å². The maximum Gasteiger partial charge on any atom is 0.573 e. The van der Waals surface area contributed by atoms with Gasteiger partial charge in [-0.1, -0.05) is 0 Å². The molecule has 3 rings (SSSR count). The molecule has 166 valence electrons. The Hall–Kier alpha value is -2.24. The lowest BCUT2D eigenvalue weighted by molar-refractivity contribution is -0.274. The lowest BCUT2D eigenvalue weighted by atomic mass is 10.2. The van der Waals surface area contributed by atoms with Gasteiger partial charge in [0.25, 0.3) is 0 Å². The zero-order chi connectivity index (χ0) is 21.9. The molecule has 1 atom stereocenters. The van der Waals surface area contributed by atoms with Gasteiger partial charge in [0.1, 0.15) is 5.75 Å². The van der Waals surface area contributed by atoms with Crippen LogP contribution in [0.25, 0.3) is 0 Å². The maximum absolute atomic E-state index is 12.9. The van der Waals surface area contributed by atoms with Crippen LogP contribution < -0.4 is 10.5 Å². The van der Waals surface area contributed by atoms with Crippen molar-refractivity contribution in [3.8, 4) is 5.75 Å². The van der Waals surface area contributed by atoms with E-state index in [4.69, 9.17) is 10.5 Å². The topological polar surface area (TPSA) is 102 Å². The largest absolute Gasteiger partial charge is 0.573 e. The van der Waals surface area contributed by atoms with Crippen molar-refractivity contribution in [2.24, 2.45) is 11.7 Å². The molecule has 1 saturated carbocycles. The Labute approximate surface area is 172 Å². The van der Waals surface area contributed by atoms with Crippen LogP contribution in [0.4, 0.5) is 13.2 Å². The molecule has 0 aromatic heterocycles. The van der Waals surface area contributed by atoms with Crippen LogP contribution in [0.2, 0.25) is 0 Å². The summed E-state index contributed by atoms with van der Waals surface area (Å²) in [5.41, 5.74) is 6.14. The molecule has 1 aromatic carbocycles. The Bertz CT molecular complexity index is 909. The number of sulfone groups is 1. The van der Waals surface area contributed by atoms with Crippen molar-refractivity contribution in [1.82, 2.24) is 4.90 Å². The van der Waals surface area contributed by atoms with Crippen LogP contribution in [-0.4, -0.2) is 57.2 Å². The predicted molar refractivity (Wildman–Crippen MR) is 102 cm³/mol. The molecule has 7 nitrogen and oxygen atoms in total. The number of aliphatic hydroxyl groups excluding tert-OH is 1. The van der Waals surface area contributed by atoms with Gasteiger partial charge in [0.15, 0.2) is 0 Å². The summed E-state index contributed by atoms with van der Waals surface area (Å²) >= 11 is 0. The fraction of sp³-hybridized carbons (Fsp3) is 0.474. The molecule has 0 spiro atoms. The van der Waals surface area contributed by atoms with Gasteiger partial charge >= 0.3 is 6.36 Å². The summed E-state index contributed by atoms with van der Waals surface area (Å²) in [7, 11) is -4.03. The number of ether oxygens (including phenoxy) is 2. The minimum absolute atomic E-state index is 0.122. The summed E-state index contributed by atoms with van der Waals surface area (Å²) in [5, 5.41) is 10.1. The summed E-state index contributed by atoms with van der Waals surface area (Å²) in [5.74, 6) is 0.0420. The number of halogens is 3. The number of β-amino-alcohol motifs (C(OH)–C–C–N with tert-alkyl or cyclic N) is 1. The normalized spacial score (nSPS) is 18.6. The van der Waals surface area contributed by atoms with E-state index in [1.165, 1.54) is 12.3 Å². The third-order valence-electron chi connectivity index (χ3n) is 4.51. The van der Waals surface area contributed by atoms with Gasteiger partial charge in [-0.15, -0.1) is 13.2 Å². The van der Waals surface area contributed by atoms with Gasteiger partial charge in [-0.05, 0) is 49.1 Å². The molecular weight excluding hydrogens is 425 g/mol. The molecule has 30 heavy (non-hydrogen) atoms. The Kier molecular flexibility index (Phi) is 6.63. The van der Waals surface area contributed by atoms with Gasteiger partial charge in [-0.25, -0.2) is 8.42 Å². The molecule has 0 amide bonds. The monoisotopic (exact) mass is 448 g/mol.